The molecule has 0 radical (unpaired) electrons. The number of alkyl halides is 3. The van der Waals surface area contributed by atoms with Crippen molar-refractivity contribution in [1.82, 2.24) is 9.97 Å². The maximum absolute atomic E-state index is 13.1. The van der Waals surface area contributed by atoms with Crippen molar-refractivity contribution in [3.8, 4) is 11.4 Å². The van der Waals surface area contributed by atoms with Gasteiger partial charge >= 0.3 is 12.1 Å². The van der Waals surface area contributed by atoms with E-state index in [4.69, 9.17) is 4.74 Å². The van der Waals surface area contributed by atoms with E-state index >= 15 is 0 Å². The van der Waals surface area contributed by atoms with Gasteiger partial charge in [-0.1, -0.05) is 42.5 Å². The van der Waals surface area contributed by atoms with Gasteiger partial charge < -0.3 is 9.64 Å². The van der Waals surface area contributed by atoms with Crippen LogP contribution in [-0.2, 0) is 17.5 Å². The molecule has 0 atom stereocenters. The van der Waals surface area contributed by atoms with E-state index in [0.29, 0.717) is 18.9 Å². The molecule has 0 unspecified atom stereocenters. The van der Waals surface area contributed by atoms with Crippen LogP contribution in [0.2, 0.25) is 0 Å². The van der Waals surface area contributed by atoms with E-state index < -0.39 is 17.7 Å². The summed E-state index contributed by atoms with van der Waals surface area (Å²) in [5, 5.41) is 0. The van der Waals surface area contributed by atoms with E-state index in [1.807, 2.05) is 42.2 Å². The van der Waals surface area contributed by atoms with Crippen molar-refractivity contribution >= 4 is 11.8 Å². The van der Waals surface area contributed by atoms with E-state index in [1.54, 1.807) is 6.92 Å². The predicted octanol–water partition coefficient (Wildman–Crippen LogP) is 5.37. The number of esters is 1. The molecule has 0 bridgehead atoms. The summed E-state index contributed by atoms with van der Waals surface area (Å²) in [5.74, 6) is -0.174. The largest absolute Gasteiger partial charge is 0.462 e. The number of carbonyl (C=O) groups is 1. The number of hydrogen-bond acceptors (Lipinski definition) is 5. The Kier molecular flexibility index (Phi) is 6.89. The van der Waals surface area contributed by atoms with Crippen molar-refractivity contribution in [3.63, 3.8) is 0 Å². The van der Waals surface area contributed by atoms with Gasteiger partial charge in [0, 0.05) is 24.8 Å². The van der Waals surface area contributed by atoms with Crippen LogP contribution in [0, 0.1) is 0 Å². The van der Waals surface area contributed by atoms with Crippen molar-refractivity contribution in [1.29, 1.82) is 0 Å². The van der Waals surface area contributed by atoms with Crippen LogP contribution in [0.25, 0.3) is 11.4 Å². The Bertz CT molecular complexity index is 1040. The average Bonchev–Trinajstić information content (AvgIpc) is 2.77. The molecule has 3 aromatic rings. The lowest BCUT2D eigenvalue weighted by Gasteiger charge is -2.24. The SMILES string of the molecule is CCOC(=O)c1cnc(-c2cccc(C(F)(F)F)c2)nc1N(CC)Cc1ccccc1. The number of hydrogen-bond donors (Lipinski definition) is 0. The second-order valence-electron chi connectivity index (χ2n) is 6.73. The van der Waals surface area contributed by atoms with Crippen LogP contribution in [0.4, 0.5) is 19.0 Å². The Morgan fingerprint density at radius 2 is 1.81 bits per heavy atom. The Balaban J connectivity index is 2.07. The molecule has 162 valence electrons. The first kappa shape index (κ1) is 22.3. The Morgan fingerprint density at radius 1 is 1.06 bits per heavy atom. The first-order valence-electron chi connectivity index (χ1n) is 9.84. The Morgan fingerprint density at radius 3 is 2.45 bits per heavy atom. The number of anilines is 1. The van der Waals surface area contributed by atoms with E-state index in [2.05, 4.69) is 9.97 Å². The van der Waals surface area contributed by atoms with Crippen LogP contribution in [0.15, 0.2) is 60.8 Å². The molecule has 31 heavy (non-hydrogen) atoms. The Hall–Kier alpha value is -3.42. The monoisotopic (exact) mass is 429 g/mol. The number of halogens is 3. The summed E-state index contributed by atoms with van der Waals surface area (Å²) in [7, 11) is 0. The first-order valence-corrected chi connectivity index (χ1v) is 9.84. The molecule has 0 saturated carbocycles. The molecule has 0 fully saturated rings. The quantitative estimate of drug-likeness (QED) is 0.473. The van der Waals surface area contributed by atoms with Gasteiger partial charge in [-0.2, -0.15) is 13.2 Å². The van der Waals surface area contributed by atoms with Gasteiger partial charge in [-0.3, -0.25) is 0 Å². The highest BCUT2D eigenvalue weighted by Gasteiger charge is 2.31. The van der Waals surface area contributed by atoms with Crippen LogP contribution in [0.3, 0.4) is 0 Å². The summed E-state index contributed by atoms with van der Waals surface area (Å²) in [6.45, 7) is 4.75. The van der Waals surface area contributed by atoms with Gasteiger partial charge in [-0.25, -0.2) is 14.8 Å². The number of nitrogens with zero attached hydrogens (tertiary/aromatic N) is 3. The third-order valence-electron chi connectivity index (χ3n) is 4.61. The molecule has 0 aliphatic heterocycles. The lowest BCUT2D eigenvalue weighted by atomic mass is 10.1. The van der Waals surface area contributed by atoms with Crippen molar-refractivity contribution in [2.45, 2.75) is 26.6 Å². The lowest BCUT2D eigenvalue weighted by Crippen LogP contribution is -2.26. The highest BCUT2D eigenvalue weighted by atomic mass is 19.4. The van der Waals surface area contributed by atoms with Gasteiger partial charge in [0.05, 0.1) is 12.2 Å². The molecule has 0 aliphatic carbocycles. The van der Waals surface area contributed by atoms with Gasteiger partial charge in [0.15, 0.2) is 5.82 Å². The van der Waals surface area contributed by atoms with Crippen LogP contribution in [0.1, 0.15) is 35.3 Å². The lowest BCUT2D eigenvalue weighted by molar-refractivity contribution is -0.137. The van der Waals surface area contributed by atoms with Crippen LogP contribution in [0.5, 0.6) is 0 Å². The first-order chi connectivity index (χ1) is 14.8. The van der Waals surface area contributed by atoms with Gasteiger partial charge in [0.2, 0.25) is 0 Å². The minimum absolute atomic E-state index is 0.0978. The maximum Gasteiger partial charge on any atom is 0.416 e. The highest BCUT2D eigenvalue weighted by molar-refractivity contribution is 5.94. The van der Waals surface area contributed by atoms with E-state index in [9.17, 15) is 18.0 Å². The summed E-state index contributed by atoms with van der Waals surface area (Å²) in [6.07, 6.45) is -3.17. The normalized spacial score (nSPS) is 11.3. The number of ether oxygens (including phenoxy) is 1. The smallest absolute Gasteiger partial charge is 0.416 e. The molecular formula is C23H22F3N3O2. The summed E-state index contributed by atoms with van der Waals surface area (Å²) >= 11 is 0. The molecular weight excluding hydrogens is 407 g/mol. The predicted molar refractivity (Wildman–Crippen MR) is 112 cm³/mol. The van der Waals surface area contributed by atoms with Crippen molar-refractivity contribution in [2.24, 2.45) is 0 Å². The van der Waals surface area contributed by atoms with Crippen molar-refractivity contribution in [3.05, 3.63) is 77.5 Å². The molecule has 1 heterocycles. The summed E-state index contributed by atoms with van der Waals surface area (Å²) in [4.78, 5) is 23.0. The number of aromatic nitrogens is 2. The topological polar surface area (TPSA) is 55.3 Å². The van der Waals surface area contributed by atoms with Crippen LogP contribution >= 0.6 is 0 Å². The zero-order valence-corrected chi connectivity index (χ0v) is 17.2. The van der Waals surface area contributed by atoms with Crippen LogP contribution < -0.4 is 4.90 Å². The molecule has 2 aromatic carbocycles. The number of rotatable bonds is 7. The molecule has 0 spiro atoms. The fourth-order valence-corrected chi connectivity index (χ4v) is 3.08. The molecule has 3 rings (SSSR count). The molecule has 0 aliphatic rings. The molecule has 1 aromatic heterocycles. The summed E-state index contributed by atoms with van der Waals surface area (Å²) < 4.78 is 44.5. The molecule has 5 nitrogen and oxygen atoms in total. The van der Waals surface area contributed by atoms with Gasteiger partial charge in [-0.05, 0) is 31.5 Å². The van der Waals surface area contributed by atoms with Crippen molar-refractivity contribution < 1.29 is 22.7 Å². The standard InChI is InChI=1S/C23H22F3N3O2/c1-3-29(15-16-9-6-5-7-10-16)21-19(22(30)31-4-2)14-27-20(28-21)17-11-8-12-18(13-17)23(24,25)26/h5-14H,3-4,15H2,1-2H3. The van der Waals surface area contributed by atoms with Gasteiger partial charge in [0.1, 0.15) is 11.4 Å². The molecule has 0 saturated heterocycles. The van der Waals surface area contributed by atoms with Gasteiger partial charge in [0.25, 0.3) is 0 Å². The Labute approximate surface area is 178 Å². The highest BCUT2D eigenvalue weighted by Crippen LogP contribution is 2.32. The summed E-state index contributed by atoms with van der Waals surface area (Å²) in [6, 6.07) is 14.4. The van der Waals surface area contributed by atoms with E-state index in [0.717, 1.165) is 17.7 Å². The molecule has 0 amide bonds. The fourth-order valence-electron chi connectivity index (χ4n) is 3.08. The van der Waals surface area contributed by atoms with Crippen molar-refractivity contribution in [2.75, 3.05) is 18.1 Å². The number of carbonyl (C=O) groups excluding carboxylic acids is 1. The number of benzene rings is 2. The average molecular weight is 429 g/mol. The summed E-state index contributed by atoms with van der Waals surface area (Å²) in [5.41, 5.74) is 0.581. The second kappa shape index (κ2) is 9.59. The van der Waals surface area contributed by atoms with E-state index in [-0.39, 0.29) is 23.6 Å². The van der Waals surface area contributed by atoms with Gasteiger partial charge in [-0.15, -0.1) is 0 Å². The van der Waals surface area contributed by atoms with Crippen LogP contribution in [-0.4, -0.2) is 29.1 Å². The maximum atomic E-state index is 13.1. The minimum atomic E-state index is -4.48. The third kappa shape index (κ3) is 5.39. The minimum Gasteiger partial charge on any atom is -0.462 e. The molecule has 8 heteroatoms. The zero-order chi connectivity index (χ0) is 22.4. The second-order valence-corrected chi connectivity index (χ2v) is 6.73. The third-order valence-corrected chi connectivity index (χ3v) is 4.61. The molecule has 0 N–H and O–H groups in total. The fraction of sp³-hybridized carbons (Fsp3) is 0.261. The van der Waals surface area contributed by atoms with E-state index in [1.165, 1.54) is 18.3 Å². The zero-order valence-electron chi connectivity index (χ0n) is 17.2.